The molecule has 2 aliphatic rings. The van der Waals surface area contributed by atoms with Crippen molar-refractivity contribution in [2.45, 2.75) is 31.3 Å². The molecule has 0 amide bonds. The van der Waals surface area contributed by atoms with Crippen LogP contribution in [0.15, 0.2) is 30.3 Å². The first-order valence-corrected chi connectivity index (χ1v) is 12.9. The maximum Gasteiger partial charge on any atom is 0.319 e. The number of nitrogens with one attached hydrogen (secondary N) is 1. The molecule has 3 aromatic rings. The van der Waals surface area contributed by atoms with Gasteiger partial charge in [0.05, 0.1) is 19.6 Å². The molecule has 10 heteroatoms. The Morgan fingerprint density at radius 3 is 2.84 bits per heavy atom. The monoisotopic (exact) mass is 524 g/mol. The second kappa shape index (κ2) is 11.1. The quantitative estimate of drug-likeness (QED) is 0.490. The molecule has 0 aliphatic carbocycles. The fourth-order valence-electron chi connectivity index (χ4n) is 5.16. The van der Waals surface area contributed by atoms with Gasteiger partial charge in [0.2, 0.25) is 0 Å². The summed E-state index contributed by atoms with van der Waals surface area (Å²) in [7, 11) is 3.62. The van der Waals surface area contributed by atoms with Crippen LogP contribution in [0.5, 0.6) is 11.8 Å². The maximum absolute atomic E-state index is 16.2. The first kappa shape index (κ1) is 25.5. The minimum Gasteiger partial charge on any atom is -0.496 e. The number of rotatable bonds is 7. The molecule has 0 radical (unpaired) electrons. The minimum atomic E-state index is -0.492. The summed E-state index contributed by atoms with van der Waals surface area (Å²) in [6.07, 6.45) is 2.54. The fraction of sp³-hybridized carbons (Fsp3) is 0.444. The van der Waals surface area contributed by atoms with Crippen LogP contribution in [0.3, 0.4) is 0 Å². The van der Waals surface area contributed by atoms with Crippen LogP contribution in [0, 0.1) is 17.1 Å². The van der Waals surface area contributed by atoms with E-state index in [0.29, 0.717) is 65.8 Å². The summed E-state index contributed by atoms with van der Waals surface area (Å²) >= 11 is 6.24. The Morgan fingerprint density at radius 1 is 1.22 bits per heavy atom. The van der Waals surface area contributed by atoms with Crippen molar-refractivity contribution in [1.82, 2.24) is 20.2 Å². The number of methoxy groups -OCH3 is 1. The number of hydrogen-bond acceptors (Lipinski definition) is 8. The van der Waals surface area contributed by atoms with E-state index >= 15 is 4.39 Å². The minimum absolute atomic E-state index is 0.000106. The summed E-state index contributed by atoms with van der Waals surface area (Å²) in [6.45, 7) is 3.41. The van der Waals surface area contributed by atoms with Crippen LogP contribution < -0.4 is 19.7 Å². The van der Waals surface area contributed by atoms with Gasteiger partial charge in [0.25, 0.3) is 0 Å². The Bertz CT molecular complexity index is 1330. The molecule has 3 heterocycles. The molecular weight excluding hydrogens is 495 g/mol. The van der Waals surface area contributed by atoms with Gasteiger partial charge < -0.3 is 24.6 Å². The lowest BCUT2D eigenvalue weighted by Crippen LogP contribution is -2.51. The summed E-state index contributed by atoms with van der Waals surface area (Å²) in [5.41, 5.74) is 1.05. The summed E-state index contributed by atoms with van der Waals surface area (Å²) < 4.78 is 27.7. The van der Waals surface area contributed by atoms with Gasteiger partial charge in [-0.25, -0.2) is 4.39 Å². The van der Waals surface area contributed by atoms with Crippen molar-refractivity contribution in [3.63, 3.8) is 0 Å². The third-order valence-corrected chi connectivity index (χ3v) is 7.42. The van der Waals surface area contributed by atoms with Crippen LogP contribution in [-0.2, 0) is 0 Å². The molecule has 0 unspecified atom stereocenters. The number of hydrogen-bond donors (Lipinski definition) is 1. The number of nitrogens with zero attached hydrogens (tertiary/aromatic N) is 5. The van der Waals surface area contributed by atoms with Crippen LogP contribution in [0.1, 0.15) is 19.3 Å². The molecule has 2 aromatic carbocycles. The second-order valence-electron chi connectivity index (χ2n) is 9.54. The summed E-state index contributed by atoms with van der Waals surface area (Å²) in [4.78, 5) is 13.6. The Kier molecular flexibility index (Phi) is 7.60. The SMILES string of the molecule is COc1ccc(Cl)cc1-c1ccc2c(N3CCN[C@@H](CC#N)C3)nc(OC[C@@H]3CCCN3C)nc2c1F. The molecule has 2 atom stereocenters. The van der Waals surface area contributed by atoms with E-state index in [1.54, 1.807) is 31.4 Å². The van der Waals surface area contributed by atoms with Crippen molar-refractivity contribution in [2.24, 2.45) is 0 Å². The van der Waals surface area contributed by atoms with Crippen LogP contribution in [-0.4, -0.2) is 73.9 Å². The smallest absolute Gasteiger partial charge is 0.319 e. The number of fused-ring (bicyclic) bond motifs is 1. The van der Waals surface area contributed by atoms with Gasteiger partial charge in [0.1, 0.15) is 23.7 Å². The molecule has 2 fully saturated rings. The van der Waals surface area contributed by atoms with Crippen molar-refractivity contribution in [1.29, 1.82) is 5.26 Å². The molecule has 2 saturated heterocycles. The highest BCUT2D eigenvalue weighted by Crippen LogP contribution is 2.38. The van der Waals surface area contributed by atoms with Crippen molar-refractivity contribution < 1.29 is 13.9 Å². The number of piperazine rings is 1. The number of likely N-dealkylation sites (N-methyl/N-ethyl adjacent to an activating group) is 1. The zero-order valence-corrected chi connectivity index (χ0v) is 21.8. The van der Waals surface area contributed by atoms with Crippen molar-refractivity contribution in [3.05, 3.63) is 41.2 Å². The molecule has 2 aliphatic heterocycles. The van der Waals surface area contributed by atoms with Gasteiger partial charge in [-0.15, -0.1) is 0 Å². The van der Waals surface area contributed by atoms with Crippen LogP contribution in [0.2, 0.25) is 5.02 Å². The third-order valence-electron chi connectivity index (χ3n) is 7.19. The molecule has 37 heavy (non-hydrogen) atoms. The second-order valence-corrected chi connectivity index (χ2v) is 9.98. The van der Waals surface area contributed by atoms with E-state index in [2.05, 4.69) is 33.2 Å². The topological polar surface area (TPSA) is 86.5 Å². The normalized spacial score (nSPS) is 20.2. The number of benzene rings is 2. The van der Waals surface area contributed by atoms with Gasteiger partial charge in [-0.1, -0.05) is 17.7 Å². The zero-order chi connectivity index (χ0) is 25.9. The molecule has 8 nitrogen and oxygen atoms in total. The fourth-order valence-corrected chi connectivity index (χ4v) is 5.33. The summed E-state index contributed by atoms with van der Waals surface area (Å²) in [5.74, 6) is 0.625. The highest BCUT2D eigenvalue weighted by molar-refractivity contribution is 6.31. The van der Waals surface area contributed by atoms with Crippen molar-refractivity contribution in [2.75, 3.05) is 51.8 Å². The Morgan fingerprint density at radius 2 is 2.08 bits per heavy atom. The molecule has 0 spiro atoms. The highest BCUT2D eigenvalue weighted by atomic mass is 35.5. The van der Waals surface area contributed by atoms with Gasteiger partial charge >= 0.3 is 6.01 Å². The molecule has 194 valence electrons. The molecule has 1 aromatic heterocycles. The van der Waals surface area contributed by atoms with E-state index in [1.165, 1.54) is 0 Å². The number of halogens is 2. The Labute approximate surface area is 221 Å². The van der Waals surface area contributed by atoms with Gasteiger partial charge in [0, 0.05) is 53.3 Å². The number of likely N-dealkylation sites (tertiary alicyclic amines) is 1. The van der Waals surface area contributed by atoms with Crippen LogP contribution in [0.4, 0.5) is 10.2 Å². The van der Waals surface area contributed by atoms with Crippen LogP contribution in [0.25, 0.3) is 22.0 Å². The predicted molar refractivity (Wildman–Crippen MR) is 142 cm³/mol. The average molecular weight is 525 g/mol. The maximum atomic E-state index is 16.2. The molecular formula is C27H30ClFN6O2. The lowest BCUT2D eigenvalue weighted by molar-refractivity contribution is 0.188. The van der Waals surface area contributed by atoms with Crippen molar-refractivity contribution >= 4 is 28.3 Å². The number of nitriles is 1. The van der Waals surface area contributed by atoms with Gasteiger partial charge in [-0.05, 0) is 50.7 Å². The lowest BCUT2D eigenvalue weighted by Gasteiger charge is -2.34. The first-order valence-electron chi connectivity index (χ1n) is 12.5. The molecule has 0 saturated carbocycles. The van der Waals surface area contributed by atoms with E-state index in [1.807, 2.05) is 6.07 Å². The number of aromatic nitrogens is 2. The molecule has 5 rings (SSSR count). The van der Waals surface area contributed by atoms with Gasteiger partial charge in [0.15, 0.2) is 5.82 Å². The highest BCUT2D eigenvalue weighted by Gasteiger charge is 2.26. The first-order chi connectivity index (χ1) is 18.0. The number of anilines is 1. The average Bonchev–Trinajstić information content (AvgIpc) is 3.32. The summed E-state index contributed by atoms with van der Waals surface area (Å²) in [5, 5.41) is 13.6. The van der Waals surface area contributed by atoms with E-state index in [-0.39, 0.29) is 23.6 Å². The predicted octanol–water partition coefficient (Wildman–Crippen LogP) is 4.26. The van der Waals surface area contributed by atoms with Crippen molar-refractivity contribution in [3.8, 4) is 29.0 Å². The van der Waals surface area contributed by atoms with Gasteiger partial charge in [-0.2, -0.15) is 15.2 Å². The van der Waals surface area contributed by atoms with E-state index in [4.69, 9.17) is 26.1 Å². The van der Waals surface area contributed by atoms with E-state index < -0.39 is 5.82 Å². The zero-order valence-electron chi connectivity index (χ0n) is 21.0. The van der Waals surface area contributed by atoms with Gasteiger partial charge in [-0.3, -0.25) is 0 Å². The van der Waals surface area contributed by atoms with Crippen LogP contribution >= 0.6 is 11.6 Å². The number of ether oxygens (including phenoxy) is 2. The van der Waals surface area contributed by atoms with E-state index in [9.17, 15) is 5.26 Å². The molecule has 0 bridgehead atoms. The molecule has 1 N–H and O–H groups in total. The third kappa shape index (κ3) is 5.28. The Balaban J connectivity index is 1.59. The summed E-state index contributed by atoms with van der Waals surface area (Å²) in [6, 6.07) is 11.3. The largest absolute Gasteiger partial charge is 0.496 e. The lowest BCUT2D eigenvalue weighted by atomic mass is 10.0. The standard InChI is InChI=1S/C27H30ClFN6O2/c1-34-12-3-4-19(34)16-37-27-32-25-21(26(33-27)35-13-11-31-18(15-35)9-10-30)7-6-20(24(25)29)22-14-17(28)5-8-23(22)36-2/h5-8,14,18-19,31H,3-4,9,11-13,15-16H2,1-2H3/t18-,19-/m0/s1. The van der Waals surface area contributed by atoms with E-state index in [0.717, 1.165) is 19.4 Å². The Hall–Kier alpha value is -3.19.